The Balaban J connectivity index is 1.28. The van der Waals surface area contributed by atoms with Gasteiger partial charge in [-0.2, -0.15) is 5.43 Å². The Hall–Kier alpha value is -4.25. The van der Waals surface area contributed by atoms with Crippen LogP contribution in [0.15, 0.2) is 77.8 Å². The van der Waals surface area contributed by atoms with Gasteiger partial charge in [-0.1, -0.05) is 36.4 Å². The molecule has 0 bridgehead atoms. The van der Waals surface area contributed by atoms with Crippen molar-refractivity contribution in [3.8, 4) is 11.5 Å². The molecular weight excluding hydrogens is 463 g/mol. The topological polar surface area (TPSA) is 87.2 Å². The summed E-state index contributed by atoms with van der Waals surface area (Å²) in [5.41, 5.74) is 6.10. The second-order valence-corrected chi connectivity index (χ2v) is 7.46. The highest BCUT2D eigenvalue weighted by atomic mass is 19.4. The molecule has 1 aliphatic rings. The van der Waals surface area contributed by atoms with Crippen LogP contribution in [0.1, 0.15) is 17.3 Å². The number of alkyl halides is 3. The Morgan fingerprint density at radius 1 is 1.06 bits per heavy atom. The maximum atomic E-state index is 12.3. The van der Waals surface area contributed by atoms with Crippen molar-refractivity contribution in [1.29, 1.82) is 0 Å². The highest BCUT2D eigenvalue weighted by molar-refractivity contribution is 5.90. The third-order valence-corrected chi connectivity index (χ3v) is 5.04. The number of nitrogens with one attached hydrogen (secondary N) is 3. The minimum atomic E-state index is -4.74. The average Bonchev–Trinajstić information content (AvgIpc) is 3.33. The average molecular weight is 485 g/mol. The Bertz CT molecular complexity index is 1180. The molecule has 3 aromatic rings. The van der Waals surface area contributed by atoms with Crippen LogP contribution < -0.4 is 30.5 Å². The molecule has 0 aliphatic carbocycles. The molecule has 11 heteroatoms. The molecule has 0 fully saturated rings. The zero-order valence-electron chi connectivity index (χ0n) is 18.5. The molecule has 3 N–H and O–H groups in total. The Morgan fingerprint density at radius 3 is 2.46 bits per heavy atom. The molecule has 4 rings (SSSR count). The minimum absolute atomic E-state index is 0.297. The number of hydrogen-bond acceptors (Lipinski definition) is 6. The minimum Gasteiger partial charge on any atom is -0.495 e. The van der Waals surface area contributed by atoms with Crippen molar-refractivity contribution in [1.82, 2.24) is 10.7 Å². The number of methoxy groups -OCH3 is 1. The van der Waals surface area contributed by atoms with Crippen LogP contribution in [0.5, 0.6) is 11.5 Å². The summed E-state index contributed by atoms with van der Waals surface area (Å²) < 4.78 is 46.1. The van der Waals surface area contributed by atoms with Gasteiger partial charge in [0.2, 0.25) is 0 Å². The number of para-hydroxylation sites is 2. The van der Waals surface area contributed by atoms with E-state index in [9.17, 15) is 18.0 Å². The molecule has 0 radical (unpaired) electrons. The van der Waals surface area contributed by atoms with Gasteiger partial charge in [0.1, 0.15) is 24.0 Å². The number of halogens is 3. The molecule has 1 aliphatic heterocycles. The quantitative estimate of drug-likeness (QED) is 0.440. The summed E-state index contributed by atoms with van der Waals surface area (Å²) in [4.78, 5) is 16.6. The number of carbonyl (C=O) groups is 1. The number of carbonyl (C=O) groups excluding carboxylic acids is 1. The van der Waals surface area contributed by atoms with Crippen molar-refractivity contribution >= 4 is 23.7 Å². The summed E-state index contributed by atoms with van der Waals surface area (Å²) in [5, 5.41) is 7.16. The van der Waals surface area contributed by atoms with Crippen LogP contribution in [0.3, 0.4) is 0 Å². The van der Waals surface area contributed by atoms with E-state index in [0.717, 1.165) is 11.1 Å². The highest BCUT2D eigenvalue weighted by Gasteiger charge is 2.31. The van der Waals surface area contributed by atoms with Crippen molar-refractivity contribution in [2.45, 2.75) is 19.1 Å². The lowest BCUT2D eigenvalue weighted by Crippen LogP contribution is -2.33. The first-order chi connectivity index (χ1) is 16.8. The van der Waals surface area contributed by atoms with E-state index in [4.69, 9.17) is 4.74 Å². The van der Waals surface area contributed by atoms with Gasteiger partial charge in [-0.05, 0) is 47.5 Å². The van der Waals surface area contributed by atoms with Gasteiger partial charge in [0.15, 0.2) is 0 Å². The zero-order valence-corrected chi connectivity index (χ0v) is 18.5. The molecule has 35 heavy (non-hydrogen) atoms. The van der Waals surface area contributed by atoms with E-state index in [1.807, 2.05) is 30.3 Å². The first-order valence-electron chi connectivity index (χ1n) is 10.5. The standard InChI is InChI=1S/C24H22F3N5O3/c1-34-21-5-3-2-4-20(21)30-23(33)28-14-16-6-8-17(9-7-16)22-29-15-32(31-22)18-10-12-19(13-11-18)35-24(25,26)27/h2-13,15,22,31H,14H2,1H3,(H2,28,30,33). The first kappa shape index (κ1) is 23.9. The van der Waals surface area contributed by atoms with E-state index in [0.29, 0.717) is 23.7 Å². The van der Waals surface area contributed by atoms with Crippen LogP contribution in [-0.4, -0.2) is 25.8 Å². The van der Waals surface area contributed by atoms with Gasteiger partial charge in [-0.25, -0.2) is 9.79 Å². The lowest BCUT2D eigenvalue weighted by atomic mass is 10.1. The molecule has 0 saturated heterocycles. The van der Waals surface area contributed by atoms with Crippen LogP contribution >= 0.6 is 0 Å². The van der Waals surface area contributed by atoms with Crippen molar-refractivity contribution in [2.75, 3.05) is 17.4 Å². The molecule has 0 saturated carbocycles. The highest BCUT2D eigenvalue weighted by Crippen LogP contribution is 2.27. The Labute approximate surface area is 199 Å². The number of rotatable bonds is 7. The second kappa shape index (κ2) is 10.3. The van der Waals surface area contributed by atoms with Gasteiger partial charge in [0, 0.05) is 6.54 Å². The lowest BCUT2D eigenvalue weighted by Gasteiger charge is -2.19. The van der Waals surface area contributed by atoms with E-state index >= 15 is 0 Å². The van der Waals surface area contributed by atoms with Gasteiger partial charge < -0.3 is 20.1 Å². The van der Waals surface area contributed by atoms with Crippen LogP contribution in [0.2, 0.25) is 0 Å². The normalized spacial score (nSPS) is 15.1. The summed E-state index contributed by atoms with van der Waals surface area (Å²) in [5.74, 6) is 0.269. The summed E-state index contributed by atoms with van der Waals surface area (Å²) >= 11 is 0. The number of hydrogen-bond donors (Lipinski definition) is 3. The molecule has 1 unspecified atom stereocenters. The number of anilines is 2. The van der Waals surface area contributed by atoms with Crippen molar-refractivity contribution < 1.29 is 27.4 Å². The predicted molar refractivity (Wildman–Crippen MR) is 125 cm³/mol. The third kappa shape index (κ3) is 6.42. The van der Waals surface area contributed by atoms with Crippen molar-refractivity contribution in [3.05, 3.63) is 83.9 Å². The van der Waals surface area contributed by atoms with Crippen molar-refractivity contribution in [3.63, 3.8) is 0 Å². The van der Waals surface area contributed by atoms with Crippen LogP contribution in [-0.2, 0) is 6.54 Å². The summed E-state index contributed by atoms with van der Waals surface area (Å²) in [6.07, 6.45) is -3.54. The number of urea groups is 1. The maximum Gasteiger partial charge on any atom is 0.573 e. The van der Waals surface area contributed by atoms with Crippen molar-refractivity contribution in [2.24, 2.45) is 4.99 Å². The number of nitrogens with zero attached hydrogens (tertiary/aromatic N) is 2. The number of aliphatic imine (C=N–C) groups is 1. The van der Waals surface area contributed by atoms with Crippen LogP contribution in [0.25, 0.3) is 0 Å². The molecule has 0 spiro atoms. The summed E-state index contributed by atoms with van der Waals surface area (Å²) in [6, 6.07) is 19.7. The van der Waals surface area contributed by atoms with Crippen LogP contribution in [0.4, 0.5) is 29.3 Å². The molecule has 182 valence electrons. The van der Waals surface area contributed by atoms with Crippen LogP contribution in [0, 0.1) is 0 Å². The maximum absolute atomic E-state index is 12.3. The monoisotopic (exact) mass is 485 g/mol. The zero-order chi connectivity index (χ0) is 24.8. The van der Waals surface area contributed by atoms with E-state index < -0.39 is 6.36 Å². The summed E-state index contributed by atoms with van der Waals surface area (Å²) in [7, 11) is 1.53. The van der Waals surface area contributed by atoms with E-state index in [1.54, 1.807) is 29.5 Å². The molecular formula is C24H22F3N5O3. The van der Waals surface area contributed by atoms with E-state index in [2.05, 4.69) is 25.8 Å². The van der Waals surface area contributed by atoms with E-state index in [-0.39, 0.29) is 17.9 Å². The second-order valence-electron chi connectivity index (χ2n) is 7.46. The van der Waals surface area contributed by atoms with Gasteiger partial charge in [0.05, 0.1) is 18.5 Å². The number of ether oxygens (including phenoxy) is 2. The summed E-state index contributed by atoms with van der Waals surface area (Å²) in [6.45, 7) is 0.321. The van der Waals surface area contributed by atoms with Gasteiger partial charge in [-0.3, -0.25) is 5.01 Å². The molecule has 1 heterocycles. The van der Waals surface area contributed by atoms with E-state index in [1.165, 1.54) is 31.4 Å². The van der Waals surface area contributed by atoms with Gasteiger partial charge >= 0.3 is 12.4 Å². The number of benzene rings is 3. The SMILES string of the molecule is COc1ccccc1NC(=O)NCc1ccc(C2N=CN(c3ccc(OC(F)(F)F)cc3)N2)cc1. The molecule has 1 atom stereocenters. The number of hydrazine groups is 1. The first-order valence-corrected chi connectivity index (χ1v) is 10.5. The van der Waals surface area contributed by atoms with Gasteiger partial charge in [0.25, 0.3) is 0 Å². The molecule has 8 nitrogen and oxygen atoms in total. The Kier molecular flexibility index (Phi) is 7.06. The smallest absolute Gasteiger partial charge is 0.495 e. The fraction of sp³-hybridized carbons (Fsp3) is 0.167. The van der Waals surface area contributed by atoms with Gasteiger partial charge in [-0.15, -0.1) is 13.2 Å². The number of amides is 2. The molecule has 0 aromatic heterocycles. The molecule has 3 aromatic carbocycles. The lowest BCUT2D eigenvalue weighted by molar-refractivity contribution is -0.274. The molecule has 2 amide bonds. The third-order valence-electron chi connectivity index (χ3n) is 5.04. The fourth-order valence-electron chi connectivity index (χ4n) is 3.36. The predicted octanol–water partition coefficient (Wildman–Crippen LogP) is 4.97. The largest absolute Gasteiger partial charge is 0.573 e. The fourth-order valence-corrected chi connectivity index (χ4v) is 3.36. The Morgan fingerprint density at radius 2 is 1.77 bits per heavy atom.